The molecule has 2 aromatic rings. The summed E-state index contributed by atoms with van der Waals surface area (Å²) in [5, 5.41) is 12.8. The molecule has 0 aliphatic heterocycles. The van der Waals surface area contributed by atoms with Crippen molar-refractivity contribution in [3.05, 3.63) is 50.1 Å². The van der Waals surface area contributed by atoms with Crippen LogP contribution in [0.5, 0.6) is 0 Å². The van der Waals surface area contributed by atoms with Crippen molar-refractivity contribution < 1.29 is 9.90 Å². The van der Waals surface area contributed by atoms with Gasteiger partial charge in [0, 0.05) is 17.1 Å². The summed E-state index contributed by atoms with van der Waals surface area (Å²) in [6.07, 6.45) is 1.53. The van der Waals surface area contributed by atoms with Gasteiger partial charge in [0.2, 0.25) is 0 Å². The van der Waals surface area contributed by atoms with Crippen LogP contribution in [-0.2, 0) is 6.54 Å². The molecule has 88 valence electrons. The molecule has 0 unspecified atom stereocenters. The molecule has 2 rings (SSSR count). The van der Waals surface area contributed by atoms with E-state index in [0.717, 1.165) is 10.4 Å². The number of aromatic carboxylic acids is 1. The van der Waals surface area contributed by atoms with Crippen molar-refractivity contribution in [2.24, 2.45) is 0 Å². The molecule has 6 heteroatoms. The van der Waals surface area contributed by atoms with E-state index >= 15 is 0 Å². The molecule has 2 aromatic heterocycles. The van der Waals surface area contributed by atoms with Crippen LogP contribution in [0.25, 0.3) is 0 Å². The molecular formula is C11H10N2O3S. The van der Waals surface area contributed by atoms with E-state index < -0.39 is 5.97 Å². The molecule has 17 heavy (non-hydrogen) atoms. The van der Waals surface area contributed by atoms with Gasteiger partial charge >= 0.3 is 5.97 Å². The topological polar surface area (TPSA) is 72.2 Å². The number of hydrogen-bond acceptors (Lipinski definition) is 4. The number of carboxylic acid groups (broad SMARTS) is 1. The second-order valence-electron chi connectivity index (χ2n) is 3.52. The lowest BCUT2D eigenvalue weighted by Crippen LogP contribution is -2.21. The first kappa shape index (κ1) is 11.5. The van der Waals surface area contributed by atoms with Crippen LogP contribution in [0.1, 0.15) is 20.1 Å². The van der Waals surface area contributed by atoms with Crippen LogP contribution >= 0.6 is 11.3 Å². The Morgan fingerprint density at radius 2 is 2.35 bits per heavy atom. The van der Waals surface area contributed by atoms with Crippen LogP contribution in [0.2, 0.25) is 0 Å². The van der Waals surface area contributed by atoms with Gasteiger partial charge in [-0.1, -0.05) is 0 Å². The van der Waals surface area contributed by atoms with Gasteiger partial charge in [-0.05, 0) is 24.6 Å². The van der Waals surface area contributed by atoms with E-state index in [9.17, 15) is 9.59 Å². The van der Waals surface area contributed by atoms with E-state index in [1.807, 2.05) is 6.92 Å². The average Bonchev–Trinajstić information content (AvgIpc) is 2.64. The van der Waals surface area contributed by atoms with Crippen LogP contribution in [-0.4, -0.2) is 20.9 Å². The molecular weight excluding hydrogens is 240 g/mol. The molecule has 2 heterocycles. The van der Waals surface area contributed by atoms with Gasteiger partial charge in [-0.15, -0.1) is 11.3 Å². The maximum Gasteiger partial charge on any atom is 0.345 e. The maximum atomic E-state index is 11.5. The molecule has 0 radical (unpaired) electrons. The minimum Gasteiger partial charge on any atom is -0.477 e. The number of hydrogen-bond donors (Lipinski definition) is 1. The fourth-order valence-electron chi connectivity index (χ4n) is 1.45. The predicted octanol–water partition coefficient (Wildman–Crippen LogP) is 1.36. The van der Waals surface area contributed by atoms with Crippen molar-refractivity contribution in [2.75, 3.05) is 0 Å². The second-order valence-corrected chi connectivity index (χ2v) is 4.77. The Balaban J connectivity index is 2.34. The number of rotatable bonds is 3. The molecule has 0 atom stereocenters. The Kier molecular flexibility index (Phi) is 3.06. The zero-order valence-electron chi connectivity index (χ0n) is 9.08. The van der Waals surface area contributed by atoms with Crippen molar-refractivity contribution in [1.82, 2.24) is 9.78 Å². The highest BCUT2D eigenvalue weighted by molar-refractivity contribution is 7.14. The number of carboxylic acids is 1. The van der Waals surface area contributed by atoms with Gasteiger partial charge in [-0.25, -0.2) is 9.48 Å². The third-order valence-electron chi connectivity index (χ3n) is 2.34. The van der Waals surface area contributed by atoms with Crippen LogP contribution < -0.4 is 5.56 Å². The number of carbonyl (C=O) groups is 1. The molecule has 0 saturated carbocycles. The lowest BCUT2D eigenvalue weighted by Gasteiger charge is -2.02. The third-order valence-corrected chi connectivity index (χ3v) is 3.42. The number of aromatic nitrogens is 2. The summed E-state index contributed by atoms with van der Waals surface area (Å²) >= 11 is 1.20. The largest absolute Gasteiger partial charge is 0.477 e. The van der Waals surface area contributed by atoms with E-state index in [1.165, 1.54) is 28.3 Å². The molecule has 0 bridgehead atoms. The molecule has 1 N–H and O–H groups in total. The molecule has 0 saturated heterocycles. The van der Waals surface area contributed by atoms with Crippen LogP contribution in [0.15, 0.2) is 29.2 Å². The van der Waals surface area contributed by atoms with Crippen LogP contribution in [0.4, 0.5) is 0 Å². The summed E-state index contributed by atoms with van der Waals surface area (Å²) in [5.74, 6) is -0.947. The minimum atomic E-state index is -0.947. The molecule has 5 nitrogen and oxygen atoms in total. The van der Waals surface area contributed by atoms with Gasteiger partial charge in [0.1, 0.15) is 4.88 Å². The predicted molar refractivity (Wildman–Crippen MR) is 63.6 cm³/mol. The summed E-state index contributed by atoms with van der Waals surface area (Å²) in [6, 6.07) is 4.58. The molecule has 0 fully saturated rings. The average molecular weight is 250 g/mol. The standard InChI is InChI=1S/C11H10N2O3S/c1-7-8(5-9(17-7)11(15)16)6-13-10(14)3-2-4-12-13/h2-5H,6H2,1H3,(H,15,16). The van der Waals surface area contributed by atoms with E-state index in [4.69, 9.17) is 5.11 Å². The van der Waals surface area contributed by atoms with Gasteiger partial charge < -0.3 is 5.11 Å². The van der Waals surface area contributed by atoms with Crippen molar-refractivity contribution in [2.45, 2.75) is 13.5 Å². The van der Waals surface area contributed by atoms with E-state index in [1.54, 1.807) is 12.1 Å². The highest BCUT2D eigenvalue weighted by Gasteiger charge is 2.11. The quantitative estimate of drug-likeness (QED) is 0.892. The normalized spacial score (nSPS) is 10.4. The summed E-state index contributed by atoms with van der Waals surface area (Å²) in [4.78, 5) is 23.4. The molecule has 0 spiro atoms. The van der Waals surface area contributed by atoms with Gasteiger partial charge in [0.15, 0.2) is 0 Å². The highest BCUT2D eigenvalue weighted by atomic mass is 32.1. The number of nitrogens with zero attached hydrogens (tertiary/aromatic N) is 2. The fraction of sp³-hybridized carbons (Fsp3) is 0.182. The Labute approximate surface area is 101 Å². The molecule has 0 amide bonds. The fourth-order valence-corrected chi connectivity index (χ4v) is 2.32. The smallest absolute Gasteiger partial charge is 0.345 e. The zero-order valence-corrected chi connectivity index (χ0v) is 9.90. The van der Waals surface area contributed by atoms with Gasteiger partial charge in [-0.2, -0.15) is 5.10 Å². The van der Waals surface area contributed by atoms with E-state index in [-0.39, 0.29) is 10.4 Å². The van der Waals surface area contributed by atoms with Crippen molar-refractivity contribution in [1.29, 1.82) is 0 Å². The van der Waals surface area contributed by atoms with Gasteiger partial charge in [0.05, 0.1) is 6.54 Å². The van der Waals surface area contributed by atoms with Crippen molar-refractivity contribution in [3.8, 4) is 0 Å². The Morgan fingerprint density at radius 1 is 1.59 bits per heavy atom. The lowest BCUT2D eigenvalue weighted by molar-refractivity contribution is 0.0702. The molecule has 0 aromatic carbocycles. The summed E-state index contributed by atoms with van der Waals surface area (Å²) in [5.41, 5.74) is 0.614. The van der Waals surface area contributed by atoms with Gasteiger partial charge in [0.25, 0.3) is 5.56 Å². The molecule has 0 aliphatic carbocycles. The summed E-state index contributed by atoms with van der Waals surface area (Å²) in [6.45, 7) is 2.13. The SMILES string of the molecule is Cc1sc(C(=O)O)cc1Cn1ncccc1=O. The highest BCUT2D eigenvalue weighted by Crippen LogP contribution is 2.21. The Morgan fingerprint density at radius 3 is 2.94 bits per heavy atom. The van der Waals surface area contributed by atoms with E-state index in [0.29, 0.717) is 6.54 Å². The van der Waals surface area contributed by atoms with Gasteiger partial charge in [-0.3, -0.25) is 4.79 Å². The second kappa shape index (κ2) is 4.50. The number of aryl methyl sites for hydroxylation is 1. The Bertz CT molecular complexity index is 615. The lowest BCUT2D eigenvalue weighted by atomic mass is 10.2. The number of thiophene rings is 1. The first-order chi connectivity index (χ1) is 8.08. The third kappa shape index (κ3) is 2.42. The zero-order chi connectivity index (χ0) is 12.4. The monoisotopic (exact) mass is 250 g/mol. The van der Waals surface area contributed by atoms with Crippen LogP contribution in [0, 0.1) is 6.92 Å². The van der Waals surface area contributed by atoms with Crippen molar-refractivity contribution >= 4 is 17.3 Å². The summed E-state index contributed by atoms with van der Waals surface area (Å²) < 4.78 is 1.31. The Hall–Kier alpha value is -1.95. The summed E-state index contributed by atoms with van der Waals surface area (Å²) in [7, 11) is 0. The first-order valence-corrected chi connectivity index (χ1v) is 5.74. The van der Waals surface area contributed by atoms with Crippen LogP contribution in [0.3, 0.4) is 0 Å². The van der Waals surface area contributed by atoms with Crippen molar-refractivity contribution in [3.63, 3.8) is 0 Å². The maximum absolute atomic E-state index is 11.5. The van der Waals surface area contributed by atoms with E-state index in [2.05, 4.69) is 5.10 Å². The first-order valence-electron chi connectivity index (χ1n) is 4.92. The minimum absolute atomic E-state index is 0.199. The molecule has 0 aliphatic rings.